The first kappa shape index (κ1) is 18.5. The Kier molecular flexibility index (Phi) is 5.61. The monoisotopic (exact) mass is 357 g/mol. The van der Waals surface area contributed by atoms with E-state index in [2.05, 4.69) is 16.8 Å². The number of aromatic amines is 1. The molecular weight excluding hydrogens is 330 g/mol. The van der Waals surface area contributed by atoms with Gasteiger partial charge in [0.1, 0.15) is 17.3 Å². The minimum absolute atomic E-state index is 0.0240. The lowest BCUT2D eigenvalue weighted by atomic mass is 10.0. The van der Waals surface area contributed by atoms with Crippen LogP contribution in [-0.4, -0.2) is 35.6 Å². The summed E-state index contributed by atoms with van der Waals surface area (Å²) >= 11 is 0. The largest absolute Gasteiger partial charge is 0.496 e. The van der Waals surface area contributed by atoms with Gasteiger partial charge in [-0.3, -0.25) is 9.69 Å². The van der Waals surface area contributed by atoms with E-state index in [0.717, 1.165) is 72.1 Å². The van der Waals surface area contributed by atoms with Crippen molar-refractivity contribution in [2.75, 3.05) is 20.8 Å². The van der Waals surface area contributed by atoms with Crippen molar-refractivity contribution >= 4 is 0 Å². The van der Waals surface area contributed by atoms with Gasteiger partial charge in [-0.15, -0.1) is 0 Å². The number of H-pyrrole nitrogens is 1. The molecule has 0 fully saturated rings. The van der Waals surface area contributed by atoms with Crippen LogP contribution < -0.4 is 15.0 Å². The van der Waals surface area contributed by atoms with E-state index < -0.39 is 0 Å². The third kappa shape index (κ3) is 3.60. The molecule has 0 atom stereocenters. The second kappa shape index (κ2) is 7.91. The molecule has 0 bridgehead atoms. The number of nitrogens with one attached hydrogen (secondary N) is 1. The molecule has 0 saturated carbocycles. The normalized spacial score (nSPS) is 14.2. The average molecular weight is 357 g/mol. The van der Waals surface area contributed by atoms with Gasteiger partial charge in [-0.25, -0.2) is 4.98 Å². The van der Waals surface area contributed by atoms with Crippen LogP contribution in [0.3, 0.4) is 0 Å². The van der Waals surface area contributed by atoms with Crippen molar-refractivity contribution in [3.63, 3.8) is 0 Å². The summed E-state index contributed by atoms with van der Waals surface area (Å²) in [6, 6.07) is 4.03. The summed E-state index contributed by atoms with van der Waals surface area (Å²) in [6.45, 7) is 6.36. The lowest BCUT2D eigenvalue weighted by Crippen LogP contribution is -2.35. The minimum Gasteiger partial charge on any atom is -0.496 e. The smallest absolute Gasteiger partial charge is 0.254 e. The Morgan fingerprint density at radius 1 is 1.27 bits per heavy atom. The van der Waals surface area contributed by atoms with Crippen molar-refractivity contribution in [2.24, 2.45) is 0 Å². The van der Waals surface area contributed by atoms with Gasteiger partial charge in [0.15, 0.2) is 0 Å². The van der Waals surface area contributed by atoms with Crippen molar-refractivity contribution in [1.82, 2.24) is 14.9 Å². The number of rotatable bonds is 6. The molecule has 3 rings (SSSR count). The zero-order chi connectivity index (χ0) is 18.7. The number of hydrogen-bond donors (Lipinski definition) is 1. The fourth-order valence-corrected chi connectivity index (χ4v) is 3.64. The van der Waals surface area contributed by atoms with Crippen LogP contribution in [-0.2, 0) is 25.9 Å². The first-order valence-corrected chi connectivity index (χ1v) is 9.11. The van der Waals surface area contributed by atoms with E-state index in [-0.39, 0.29) is 5.56 Å². The highest BCUT2D eigenvalue weighted by molar-refractivity contribution is 5.49. The lowest BCUT2D eigenvalue weighted by Gasteiger charge is -2.28. The standard InChI is InChI=1S/C20H27N3O3/c1-5-6-18-21-16-12-23(10-9-15(16)20(24)22-18)11-14-7-8-17(25-3)13(2)19(14)26-4/h7-8H,5-6,9-12H2,1-4H3,(H,21,22,24). The third-order valence-corrected chi connectivity index (χ3v) is 4.94. The molecule has 2 aromatic rings. The van der Waals surface area contributed by atoms with Gasteiger partial charge in [-0.05, 0) is 25.8 Å². The van der Waals surface area contributed by atoms with Crippen LogP contribution in [0.25, 0.3) is 0 Å². The van der Waals surface area contributed by atoms with Crippen molar-refractivity contribution in [1.29, 1.82) is 0 Å². The average Bonchev–Trinajstić information content (AvgIpc) is 2.62. The van der Waals surface area contributed by atoms with Crippen LogP contribution in [0.15, 0.2) is 16.9 Å². The molecule has 0 amide bonds. The fraction of sp³-hybridized carbons (Fsp3) is 0.500. The SMILES string of the molecule is CCCc1nc2c(c(=O)[nH]1)CCN(Cc1ccc(OC)c(C)c1OC)C2. The number of aromatic nitrogens is 2. The topological polar surface area (TPSA) is 67.5 Å². The molecule has 140 valence electrons. The maximum Gasteiger partial charge on any atom is 0.254 e. The zero-order valence-electron chi connectivity index (χ0n) is 16.0. The summed E-state index contributed by atoms with van der Waals surface area (Å²) in [4.78, 5) is 22.2. The molecule has 0 spiro atoms. The van der Waals surface area contributed by atoms with Crippen molar-refractivity contribution in [2.45, 2.75) is 46.2 Å². The molecule has 0 radical (unpaired) electrons. The van der Waals surface area contributed by atoms with Gasteiger partial charge in [0, 0.05) is 42.7 Å². The molecule has 1 aliphatic heterocycles. The maximum atomic E-state index is 12.3. The van der Waals surface area contributed by atoms with Gasteiger partial charge in [0.05, 0.1) is 19.9 Å². The number of nitrogens with zero attached hydrogens (tertiary/aromatic N) is 2. The predicted molar refractivity (Wildman–Crippen MR) is 101 cm³/mol. The third-order valence-electron chi connectivity index (χ3n) is 4.94. The highest BCUT2D eigenvalue weighted by atomic mass is 16.5. The van der Waals surface area contributed by atoms with Crippen LogP contribution in [0.2, 0.25) is 0 Å². The molecule has 2 heterocycles. The lowest BCUT2D eigenvalue weighted by molar-refractivity contribution is 0.236. The van der Waals surface area contributed by atoms with Gasteiger partial charge in [-0.2, -0.15) is 0 Å². The summed E-state index contributed by atoms with van der Waals surface area (Å²) in [5.74, 6) is 2.48. The van der Waals surface area contributed by atoms with E-state index in [4.69, 9.17) is 14.5 Å². The van der Waals surface area contributed by atoms with Gasteiger partial charge in [0.25, 0.3) is 5.56 Å². The van der Waals surface area contributed by atoms with E-state index in [0.29, 0.717) is 6.54 Å². The van der Waals surface area contributed by atoms with Crippen LogP contribution >= 0.6 is 0 Å². The van der Waals surface area contributed by atoms with E-state index in [1.807, 2.05) is 19.1 Å². The van der Waals surface area contributed by atoms with E-state index in [1.54, 1.807) is 14.2 Å². The molecule has 6 nitrogen and oxygen atoms in total. The zero-order valence-corrected chi connectivity index (χ0v) is 16.0. The molecule has 26 heavy (non-hydrogen) atoms. The Labute approximate surface area is 154 Å². The quantitative estimate of drug-likeness (QED) is 0.861. The molecule has 0 unspecified atom stereocenters. The van der Waals surface area contributed by atoms with Crippen LogP contribution in [0.4, 0.5) is 0 Å². The van der Waals surface area contributed by atoms with E-state index >= 15 is 0 Å². The van der Waals surface area contributed by atoms with Gasteiger partial charge in [-0.1, -0.05) is 13.0 Å². The number of methoxy groups -OCH3 is 2. The Balaban J connectivity index is 1.84. The maximum absolute atomic E-state index is 12.3. The Bertz CT molecular complexity index is 845. The van der Waals surface area contributed by atoms with Gasteiger partial charge >= 0.3 is 0 Å². The van der Waals surface area contributed by atoms with E-state index in [9.17, 15) is 4.79 Å². The van der Waals surface area contributed by atoms with Crippen molar-refractivity contribution in [3.8, 4) is 11.5 Å². The highest BCUT2D eigenvalue weighted by Gasteiger charge is 2.22. The summed E-state index contributed by atoms with van der Waals surface area (Å²) in [6.07, 6.45) is 2.49. The molecule has 1 aromatic heterocycles. The predicted octanol–water partition coefficient (Wildman–Crippen LogP) is 2.61. The van der Waals surface area contributed by atoms with Crippen LogP contribution in [0, 0.1) is 6.92 Å². The highest BCUT2D eigenvalue weighted by Crippen LogP contribution is 2.32. The number of fused-ring (bicyclic) bond motifs is 1. The number of ether oxygens (including phenoxy) is 2. The molecular formula is C20H27N3O3. The Hall–Kier alpha value is -2.34. The molecule has 1 aromatic carbocycles. The number of aryl methyl sites for hydroxylation is 1. The van der Waals surface area contributed by atoms with Crippen molar-refractivity contribution in [3.05, 3.63) is 50.7 Å². The van der Waals surface area contributed by atoms with Gasteiger partial charge in [0.2, 0.25) is 0 Å². The van der Waals surface area contributed by atoms with Gasteiger partial charge < -0.3 is 14.5 Å². The molecule has 1 N–H and O–H groups in total. The van der Waals surface area contributed by atoms with E-state index in [1.165, 1.54) is 0 Å². The second-order valence-electron chi connectivity index (χ2n) is 6.73. The van der Waals surface area contributed by atoms with Crippen LogP contribution in [0.1, 0.15) is 41.6 Å². The molecule has 6 heteroatoms. The summed E-state index contributed by atoms with van der Waals surface area (Å²) in [5.41, 5.74) is 3.89. The summed E-state index contributed by atoms with van der Waals surface area (Å²) in [5, 5.41) is 0. The molecule has 1 aliphatic rings. The van der Waals surface area contributed by atoms with Crippen molar-refractivity contribution < 1.29 is 9.47 Å². The summed E-state index contributed by atoms with van der Waals surface area (Å²) in [7, 11) is 3.36. The number of benzene rings is 1. The first-order valence-electron chi connectivity index (χ1n) is 9.11. The second-order valence-corrected chi connectivity index (χ2v) is 6.73. The Morgan fingerprint density at radius 2 is 2.08 bits per heavy atom. The summed E-state index contributed by atoms with van der Waals surface area (Å²) < 4.78 is 11.0. The minimum atomic E-state index is 0.0240. The number of hydrogen-bond acceptors (Lipinski definition) is 5. The Morgan fingerprint density at radius 3 is 2.77 bits per heavy atom. The molecule has 0 aliphatic carbocycles. The van der Waals surface area contributed by atoms with Crippen LogP contribution in [0.5, 0.6) is 11.5 Å². The molecule has 0 saturated heterocycles. The fourth-order valence-electron chi connectivity index (χ4n) is 3.64. The first-order chi connectivity index (χ1) is 12.6.